The van der Waals surface area contributed by atoms with Crippen molar-refractivity contribution in [3.05, 3.63) is 0 Å². The smallest absolute Gasteiger partial charge is 0.239 e. The third kappa shape index (κ3) is 5.04. The van der Waals surface area contributed by atoms with Crippen molar-refractivity contribution in [1.29, 1.82) is 0 Å². The summed E-state index contributed by atoms with van der Waals surface area (Å²) in [5.41, 5.74) is 5.63. The summed E-state index contributed by atoms with van der Waals surface area (Å²) >= 11 is 0. The summed E-state index contributed by atoms with van der Waals surface area (Å²) in [6.07, 6.45) is 5.72. The molecule has 2 atom stereocenters. The summed E-state index contributed by atoms with van der Waals surface area (Å²) in [4.78, 5) is 23.3. The normalized spacial score (nSPS) is 19.9. The van der Waals surface area contributed by atoms with Crippen LogP contribution in [-0.2, 0) is 9.59 Å². The molecule has 1 fully saturated rings. The summed E-state index contributed by atoms with van der Waals surface area (Å²) in [6.45, 7) is 3.60. The Morgan fingerprint density at radius 2 is 1.83 bits per heavy atom. The molecule has 1 aliphatic carbocycles. The van der Waals surface area contributed by atoms with Crippen LogP contribution in [0.3, 0.4) is 0 Å². The molecular weight excluding hydrogens is 230 g/mol. The van der Waals surface area contributed by atoms with Gasteiger partial charge >= 0.3 is 0 Å². The van der Waals surface area contributed by atoms with Crippen LogP contribution < -0.4 is 16.4 Å². The molecular formula is C13H25N3O2. The lowest BCUT2D eigenvalue weighted by molar-refractivity contribution is -0.128. The van der Waals surface area contributed by atoms with Crippen molar-refractivity contribution in [2.24, 2.45) is 11.7 Å². The van der Waals surface area contributed by atoms with Crippen molar-refractivity contribution < 1.29 is 9.59 Å². The van der Waals surface area contributed by atoms with E-state index in [4.69, 9.17) is 5.73 Å². The molecule has 0 aromatic rings. The van der Waals surface area contributed by atoms with Gasteiger partial charge in [0.1, 0.15) is 0 Å². The Kier molecular flexibility index (Phi) is 6.12. The molecule has 0 aromatic heterocycles. The zero-order valence-corrected chi connectivity index (χ0v) is 11.4. The Balaban J connectivity index is 2.22. The van der Waals surface area contributed by atoms with Gasteiger partial charge in [0.25, 0.3) is 0 Å². The monoisotopic (exact) mass is 255 g/mol. The SMILES string of the molecule is CC(N)C(C)C(=O)NCC(=O)NC1CCCCC1. The first-order chi connectivity index (χ1) is 8.50. The standard InChI is InChI=1S/C13H25N3O2/c1-9(10(2)14)13(18)15-8-12(17)16-11-6-4-3-5-7-11/h9-11H,3-8,14H2,1-2H3,(H,15,18)(H,16,17). The molecule has 1 aliphatic rings. The first-order valence-electron chi connectivity index (χ1n) is 6.83. The Hall–Kier alpha value is -1.10. The van der Waals surface area contributed by atoms with Crippen LogP contribution >= 0.6 is 0 Å². The van der Waals surface area contributed by atoms with Crippen LogP contribution in [0.5, 0.6) is 0 Å². The molecule has 0 radical (unpaired) electrons. The van der Waals surface area contributed by atoms with Gasteiger partial charge < -0.3 is 16.4 Å². The van der Waals surface area contributed by atoms with Gasteiger partial charge in [-0.2, -0.15) is 0 Å². The highest BCUT2D eigenvalue weighted by atomic mass is 16.2. The van der Waals surface area contributed by atoms with Gasteiger partial charge in [-0.25, -0.2) is 0 Å². The Labute approximate surface area is 109 Å². The summed E-state index contributed by atoms with van der Waals surface area (Å²) < 4.78 is 0. The molecule has 104 valence electrons. The van der Waals surface area contributed by atoms with Crippen LogP contribution in [-0.4, -0.2) is 30.4 Å². The molecule has 0 bridgehead atoms. The number of amides is 2. The fourth-order valence-corrected chi connectivity index (χ4v) is 2.09. The number of carbonyl (C=O) groups excluding carboxylic acids is 2. The topological polar surface area (TPSA) is 84.2 Å². The van der Waals surface area contributed by atoms with Crippen LogP contribution in [0, 0.1) is 5.92 Å². The fourth-order valence-electron chi connectivity index (χ4n) is 2.09. The van der Waals surface area contributed by atoms with Crippen LogP contribution in [0.15, 0.2) is 0 Å². The van der Waals surface area contributed by atoms with Gasteiger partial charge in [-0.3, -0.25) is 9.59 Å². The van der Waals surface area contributed by atoms with E-state index in [1.807, 2.05) is 0 Å². The van der Waals surface area contributed by atoms with E-state index >= 15 is 0 Å². The molecule has 1 saturated carbocycles. The minimum Gasteiger partial charge on any atom is -0.352 e. The molecule has 0 heterocycles. The molecule has 0 saturated heterocycles. The van der Waals surface area contributed by atoms with Gasteiger partial charge in [0.2, 0.25) is 11.8 Å². The van der Waals surface area contributed by atoms with Gasteiger partial charge in [0.05, 0.1) is 6.54 Å². The van der Waals surface area contributed by atoms with Crippen molar-refractivity contribution in [1.82, 2.24) is 10.6 Å². The maximum absolute atomic E-state index is 11.7. The van der Waals surface area contributed by atoms with E-state index < -0.39 is 0 Å². The molecule has 1 rings (SSSR count). The van der Waals surface area contributed by atoms with Crippen LogP contribution in [0.4, 0.5) is 0 Å². The Morgan fingerprint density at radius 1 is 1.22 bits per heavy atom. The highest BCUT2D eigenvalue weighted by Gasteiger charge is 2.19. The Bertz CT molecular complexity index is 286. The van der Waals surface area contributed by atoms with Crippen molar-refractivity contribution in [3.8, 4) is 0 Å². The van der Waals surface area contributed by atoms with Crippen molar-refractivity contribution in [2.75, 3.05) is 6.54 Å². The molecule has 5 heteroatoms. The molecule has 5 nitrogen and oxygen atoms in total. The van der Waals surface area contributed by atoms with Crippen molar-refractivity contribution in [3.63, 3.8) is 0 Å². The quantitative estimate of drug-likeness (QED) is 0.670. The van der Waals surface area contributed by atoms with E-state index in [0.29, 0.717) is 0 Å². The lowest BCUT2D eigenvalue weighted by atomic mass is 9.95. The maximum Gasteiger partial charge on any atom is 0.239 e. The average molecular weight is 255 g/mol. The molecule has 18 heavy (non-hydrogen) atoms. The predicted octanol–water partition coefficient (Wildman–Crippen LogP) is 0.535. The summed E-state index contributed by atoms with van der Waals surface area (Å²) in [5.74, 6) is -0.539. The summed E-state index contributed by atoms with van der Waals surface area (Å²) in [7, 11) is 0. The number of hydrogen-bond donors (Lipinski definition) is 3. The second-order valence-electron chi connectivity index (χ2n) is 5.27. The van der Waals surface area contributed by atoms with Crippen LogP contribution in [0.25, 0.3) is 0 Å². The Morgan fingerprint density at radius 3 is 2.39 bits per heavy atom. The number of rotatable bonds is 5. The molecule has 2 unspecified atom stereocenters. The van der Waals surface area contributed by atoms with Gasteiger partial charge in [-0.15, -0.1) is 0 Å². The summed E-state index contributed by atoms with van der Waals surface area (Å²) in [6, 6.07) is 0.0837. The van der Waals surface area contributed by atoms with Crippen molar-refractivity contribution in [2.45, 2.75) is 58.0 Å². The molecule has 4 N–H and O–H groups in total. The number of nitrogens with one attached hydrogen (secondary N) is 2. The molecule has 0 spiro atoms. The first-order valence-corrected chi connectivity index (χ1v) is 6.83. The van der Waals surface area contributed by atoms with Crippen LogP contribution in [0.2, 0.25) is 0 Å². The largest absolute Gasteiger partial charge is 0.352 e. The van der Waals surface area contributed by atoms with E-state index in [9.17, 15) is 9.59 Å². The zero-order valence-electron chi connectivity index (χ0n) is 11.4. The predicted molar refractivity (Wildman–Crippen MR) is 70.8 cm³/mol. The summed E-state index contributed by atoms with van der Waals surface area (Å²) in [5, 5.41) is 5.58. The lowest BCUT2D eigenvalue weighted by Crippen LogP contribution is -2.45. The molecule has 2 amide bonds. The second kappa shape index (κ2) is 7.36. The third-order valence-corrected chi connectivity index (χ3v) is 3.60. The number of nitrogens with two attached hydrogens (primary N) is 1. The van der Waals surface area contributed by atoms with E-state index in [-0.39, 0.29) is 36.4 Å². The number of carbonyl (C=O) groups is 2. The highest BCUT2D eigenvalue weighted by Crippen LogP contribution is 2.17. The third-order valence-electron chi connectivity index (χ3n) is 3.60. The van der Waals surface area contributed by atoms with Gasteiger partial charge in [-0.05, 0) is 19.8 Å². The van der Waals surface area contributed by atoms with Gasteiger partial charge in [0, 0.05) is 18.0 Å². The van der Waals surface area contributed by atoms with Crippen molar-refractivity contribution >= 4 is 11.8 Å². The van der Waals surface area contributed by atoms with Gasteiger partial charge in [-0.1, -0.05) is 26.2 Å². The zero-order chi connectivity index (χ0) is 13.5. The first kappa shape index (κ1) is 15.0. The minimum atomic E-state index is -0.271. The highest BCUT2D eigenvalue weighted by molar-refractivity contribution is 5.86. The minimum absolute atomic E-state index is 0.0480. The second-order valence-corrected chi connectivity index (χ2v) is 5.27. The van der Waals surface area contributed by atoms with E-state index in [0.717, 1.165) is 12.8 Å². The average Bonchev–Trinajstić information content (AvgIpc) is 2.36. The van der Waals surface area contributed by atoms with E-state index in [1.54, 1.807) is 13.8 Å². The van der Waals surface area contributed by atoms with E-state index in [2.05, 4.69) is 10.6 Å². The lowest BCUT2D eigenvalue weighted by Gasteiger charge is -2.23. The molecule has 0 aromatic carbocycles. The fraction of sp³-hybridized carbons (Fsp3) is 0.846. The molecule has 0 aliphatic heterocycles. The number of hydrogen-bond acceptors (Lipinski definition) is 3. The van der Waals surface area contributed by atoms with E-state index in [1.165, 1.54) is 19.3 Å². The maximum atomic E-state index is 11.7. The van der Waals surface area contributed by atoms with Crippen LogP contribution in [0.1, 0.15) is 46.0 Å². The van der Waals surface area contributed by atoms with Gasteiger partial charge in [0.15, 0.2) is 0 Å².